The summed E-state index contributed by atoms with van der Waals surface area (Å²) in [5, 5.41) is 35.4. The summed E-state index contributed by atoms with van der Waals surface area (Å²) in [6.45, 7) is -0.0159. The lowest BCUT2D eigenvalue weighted by molar-refractivity contribution is 0.0527. The van der Waals surface area contributed by atoms with E-state index in [-0.39, 0.29) is 19.1 Å². The van der Waals surface area contributed by atoms with Crippen molar-refractivity contribution in [1.29, 1.82) is 0 Å². The van der Waals surface area contributed by atoms with E-state index in [1.807, 2.05) is 66.2 Å². The second kappa shape index (κ2) is 12.0. The average Bonchev–Trinajstić information content (AvgIpc) is 3.78. The third-order valence-corrected chi connectivity index (χ3v) is 8.58. The summed E-state index contributed by atoms with van der Waals surface area (Å²) < 4.78 is 13.5. The predicted molar refractivity (Wildman–Crippen MR) is 162 cm³/mol. The summed E-state index contributed by atoms with van der Waals surface area (Å²) in [7, 11) is 1.56. The van der Waals surface area contributed by atoms with E-state index >= 15 is 0 Å². The molecule has 0 aliphatic carbocycles. The van der Waals surface area contributed by atoms with Crippen LogP contribution in [0.15, 0.2) is 66.2 Å². The summed E-state index contributed by atoms with van der Waals surface area (Å²) in [5.74, 6) is 0.733. The van der Waals surface area contributed by atoms with Crippen molar-refractivity contribution in [3.05, 3.63) is 82.9 Å². The Morgan fingerprint density at radius 1 is 1.12 bits per heavy atom. The molecule has 5 N–H and O–H groups in total. The molecular weight excluding hydrogens is 554 g/mol. The number of para-hydroxylation sites is 1. The SMILES string of the molecule is COc1cc2c(cc1OCC(O)CO)-c1cc(C(=O)N[C@@H](CO)Cc3c[nH]c4ccccc34)c(-c3cccs3)n1CC2. The predicted octanol–water partition coefficient (Wildman–Crippen LogP) is 4.00. The minimum atomic E-state index is -1.01. The molecule has 0 fully saturated rings. The van der Waals surface area contributed by atoms with Crippen LogP contribution in [0.1, 0.15) is 21.5 Å². The molecule has 1 aliphatic heterocycles. The van der Waals surface area contributed by atoms with Gasteiger partial charge in [-0.1, -0.05) is 24.3 Å². The Morgan fingerprint density at radius 2 is 1.98 bits per heavy atom. The number of carbonyl (C=O) groups is 1. The van der Waals surface area contributed by atoms with Gasteiger partial charge in [-0.2, -0.15) is 0 Å². The third kappa shape index (κ3) is 5.30. The van der Waals surface area contributed by atoms with Gasteiger partial charge in [0, 0.05) is 34.9 Å². The number of thiophene rings is 1. The summed E-state index contributed by atoms with van der Waals surface area (Å²) in [5.41, 5.74) is 6.25. The lowest BCUT2D eigenvalue weighted by atomic mass is 9.97. The van der Waals surface area contributed by atoms with Crippen LogP contribution in [0, 0.1) is 0 Å². The van der Waals surface area contributed by atoms with Crippen molar-refractivity contribution >= 4 is 28.1 Å². The largest absolute Gasteiger partial charge is 0.493 e. The molecule has 4 heterocycles. The maximum Gasteiger partial charge on any atom is 0.253 e. The first-order valence-electron chi connectivity index (χ1n) is 13.9. The molecule has 0 radical (unpaired) electrons. The lowest BCUT2D eigenvalue weighted by Gasteiger charge is -2.23. The smallest absolute Gasteiger partial charge is 0.253 e. The van der Waals surface area contributed by atoms with Crippen LogP contribution >= 0.6 is 11.3 Å². The highest BCUT2D eigenvalue weighted by Crippen LogP contribution is 2.43. The summed E-state index contributed by atoms with van der Waals surface area (Å²) in [4.78, 5) is 18.1. The first-order chi connectivity index (χ1) is 20.5. The number of aliphatic hydroxyl groups is 3. The number of amides is 1. The molecule has 0 bridgehead atoms. The number of aliphatic hydroxyl groups excluding tert-OH is 3. The maximum atomic E-state index is 13.9. The van der Waals surface area contributed by atoms with Crippen LogP contribution in [-0.2, 0) is 19.4 Å². The Kier molecular flexibility index (Phi) is 8.03. The van der Waals surface area contributed by atoms with Crippen molar-refractivity contribution < 1.29 is 29.6 Å². The van der Waals surface area contributed by atoms with Crippen molar-refractivity contribution in [3.63, 3.8) is 0 Å². The fourth-order valence-electron chi connectivity index (χ4n) is 5.64. The molecule has 10 heteroatoms. The van der Waals surface area contributed by atoms with Crippen LogP contribution in [-0.4, -0.2) is 69.9 Å². The highest BCUT2D eigenvalue weighted by molar-refractivity contribution is 7.13. The minimum Gasteiger partial charge on any atom is -0.493 e. The highest BCUT2D eigenvalue weighted by atomic mass is 32.1. The van der Waals surface area contributed by atoms with Crippen molar-refractivity contribution in [2.75, 3.05) is 26.9 Å². The van der Waals surface area contributed by atoms with Gasteiger partial charge in [-0.05, 0) is 59.7 Å². The van der Waals surface area contributed by atoms with Crippen LogP contribution in [0.25, 0.3) is 32.7 Å². The first kappa shape index (κ1) is 28.0. The van der Waals surface area contributed by atoms with Crippen molar-refractivity contribution in [2.24, 2.45) is 0 Å². The van der Waals surface area contributed by atoms with Gasteiger partial charge in [-0.25, -0.2) is 0 Å². The Bertz CT molecular complexity index is 1710. The molecule has 218 valence electrons. The van der Waals surface area contributed by atoms with E-state index in [0.29, 0.717) is 30.0 Å². The number of hydrogen-bond donors (Lipinski definition) is 5. The number of aromatic amines is 1. The highest BCUT2D eigenvalue weighted by Gasteiger charge is 2.29. The number of aryl methyl sites for hydroxylation is 1. The van der Waals surface area contributed by atoms with Gasteiger partial charge in [0.15, 0.2) is 11.5 Å². The Morgan fingerprint density at radius 3 is 2.74 bits per heavy atom. The van der Waals surface area contributed by atoms with E-state index in [1.165, 1.54) is 0 Å². The molecule has 42 heavy (non-hydrogen) atoms. The molecule has 2 aromatic carbocycles. The average molecular weight is 588 g/mol. The zero-order valence-electron chi connectivity index (χ0n) is 23.2. The summed E-state index contributed by atoms with van der Waals surface area (Å²) >= 11 is 1.57. The monoisotopic (exact) mass is 587 g/mol. The van der Waals surface area contributed by atoms with Crippen LogP contribution in [0.3, 0.4) is 0 Å². The number of fused-ring (bicyclic) bond motifs is 4. The molecule has 5 aromatic rings. The molecule has 2 atom stereocenters. The third-order valence-electron chi connectivity index (χ3n) is 7.71. The van der Waals surface area contributed by atoms with E-state index in [2.05, 4.69) is 14.9 Å². The lowest BCUT2D eigenvalue weighted by Crippen LogP contribution is -2.39. The number of H-pyrrole nitrogens is 1. The van der Waals surface area contributed by atoms with Crippen LogP contribution < -0.4 is 14.8 Å². The fourth-order valence-corrected chi connectivity index (χ4v) is 6.43. The minimum absolute atomic E-state index is 0.0836. The Balaban J connectivity index is 1.35. The molecule has 1 aliphatic rings. The van der Waals surface area contributed by atoms with Gasteiger partial charge in [0.25, 0.3) is 5.91 Å². The molecule has 6 rings (SSSR count). The second-order valence-corrected chi connectivity index (χ2v) is 11.3. The van der Waals surface area contributed by atoms with Gasteiger partial charge >= 0.3 is 0 Å². The zero-order valence-corrected chi connectivity index (χ0v) is 24.0. The topological polar surface area (TPSA) is 129 Å². The summed E-state index contributed by atoms with van der Waals surface area (Å²) in [6.07, 6.45) is 2.13. The van der Waals surface area contributed by atoms with Crippen molar-refractivity contribution in [3.8, 4) is 33.3 Å². The number of aromatic nitrogens is 2. The molecule has 9 nitrogen and oxygen atoms in total. The van der Waals surface area contributed by atoms with Gasteiger partial charge in [-0.15, -0.1) is 11.3 Å². The zero-order chi connectivity index (χ0) is 29.2. The number of carbonyl (C=O) groups excluding carboxylic acids is 1. The van der Waals surface area contributed by atoms with Crippen LogP contribution in [0.5, 0.6) is 11.5 Å². The number of hydrogen-bond acceptors (Lipinski definition) is 7. The van der Waals surface area contributed by atoms with Crippen molar-refractivity contribution in [2.45, 2.75) is 31.5 Å². The van der Waals surface area contributed by atoms with E-state index in [1.54, 1.807) is 18.4 Å². The number of rotatable bonds is 11. The molecular formula is C32H33N3O6S. The standard InChI is InChI=1S/C32H33N3O6S/c1-40-28-12-19-8-9-35-27(24(19)14-29(28)41-18-22(38)17-37)13-25(31(35)30-7-4-10-42-30)32(39)34-21(16-36)11-20-15-33-26-6-3-2-5-23(20)26/h2-7,10,12-15,21-22,33,36-38H,8-9,11,16-18H2,1H3,(H,34,39)/t21-,22?/m1/s1. The molecule has 3 aromatic heterocycles. The second-order valence-electron chi connectivity index (χ2n) is 10.4. The Labute approximate surface area is 247 Å². The normalized spacial score (nSPS) is 13.8. The van der Waals surface area contributed by atoms with E-state index in [0.717, 1.165) is 50.3 Å². The fraction of sp³-hybridized carbons (Fsp3) is 0.281. The molecule has 1 unspecified atom stereocenters. The van der Waals surface area contributed by atoms with E-state index < -0.39 is 18.8 Å². The summed E-state index contributed by atoms with van der Waals surface area (Å²) in [6, 6.07) is 17.2. The van der Waals surface area contributed by atoms with Gasteiger partial charge in [0.1, 0.15) is 12.7 Å². The first-order valence-corrected chi connectivity index (χ1v) is 14.8. The van der Waals surface area contributed by atoms with Gasteiger partial charge < -0.3 is 39.7 Å². The number of nitrogens with zero attached hydrogens (tertiary/aromatic N) is 1. The number of benzene rings is 2. The van der Waals surface area contributed by atoms with Gasteiger partial charge in [0.2, 0.25) is 0 Å². The van der Waals surface area contributed by atoms with Gasteiger partial charge in [-0.3, -0.25) is 4.79 Å². The van der Waals surface area contributed by atoms with Crippen LogP contribution in [0.4, 0.5) is 0 Å². The van der Waals surface area contributed by atoms with Gasteiger partial charge in [0.05, 0.1) is 42.5 Å². The Hall–Kier alpha value is -4.09. The molecule has 0 spiro atoms. The van der Waals surface area contributed by atoms with Crippen LogP contribution in [0.2, 0.25) is 0 Å². The van der Waals surface area contributed by atoms with E-state index in [4.69, 9.17) is 9.47 Å². The molecule has 1 amide bonds. The quantitative estimate of drug-likeness (QED) is 0.159. The van der Waals surface area contributed by atoms with Crippen molar-refractivity contribution in [1.82, 2.24) is 14.9 Å². The molecule has 0 saturated heterocycles. The number of nitrogens with one attached hydrogen (secondary N) is 2. The molecule has 0 saturated carbocycles. The number of methoxy groups -OCH3 is 1. The van der Waals surface area contributed by atoms with E-state index in [9.17, 15) is 20.1 Å². The maximum absolute atomic E-state index is 13.9. The number of ether oxygens (including phenoxy) is 2.